The standard InChI is InChI=1S/C16H29N5/c1-16(2,3)19-10-13-9-18-15(11-17-13)21-8-6-7-14(12-21)20(4)5/h9,11,14,19H,6-8,10,12H2,1-5H3. The monoisotopic (exact) mass is 291 g/mol. The summed E-state index contributed by atoms with van der Waals surface area (Å²) in [6, 6.07) is 0.614. The van der Waals surface area contributed by atoms with Gasteiger partial charge in [-0.1, -0.05) is 0 Å². The van der Waals surface area contributed by atoms with Gasteiger partial charge in [-0.25, -0.2) is 4.98 Å². The Morgan fingerprint density at radius 3 is 2.62 bits per heavy atom. The van der Waals surface area contributed by atoms with E-state index in [1.165, 1.54) is 12.8 Å². The second kappa shape index (κ2) is 6.71. The van der Waals surface area contributed by atoms with Crippen molar-refractivity contribution in [3.8, 4) is 0 Å². The number of hydrogen-bond donors (Lipinski definition) is 1. The van der Waals surface area contributed by atoms with E-state index >= 15 is 0 Å². The van der Waals surface area contributed by atoms with Gasteiger partial charge in [-0.05, 0) is 47.7 Å². The molecule has 1 atom stereocenters. The minimum absolute atomic E-state index is 0.103. The summed E-state index contributed by atoms with van der Waals surface area (Å²) in [5, 5.41) is 3.44. The lowest BCUT2D eigenvalue weighted by Crippen LogP contribution is -2.45. The lowest BCUT2D eigenvalue weighted by atomic mass is 10.1. The summed E-state index contributed by atoms with van der Waals surface area (Å²) in [5.74, 6) is 1.00. The van der Waals surface area contributed by atoms with Gasteiger partial charge in [-0.15, -0.1) is 0 Å². The molecule has 0 bridgehead atoms. The number of nitrogens with one attached hydrogen (secondary N) is 1. The Bertz CT molecular complexity index is 435. The summed E-state index contributed by atoms with van der Waals surface area (Å²) < 4.78 is 0. The molecule has 21 heavy (non-hydrogen) atoms. The highest BCUT2D eigenvalue weighted by atomic mass is 15.2. The van der Waals surface area contributed by atoms with Gasteiger partial charge < -0.3 is 15.1 Å². The van der Waals surface area contributed by atoms with Crippen molar-refractivity contribution in [1.29, 1.82) is 0 Å². The first-order valence-corrected chi connectivity index (χ1v) is 7.82. The molecule has 1 unspecified atom stereocenters. The van der Waals surface area contributed by atoms with Gasteiger partial charge >= 0.3 is 0 Å². The maximum absolute atomic E-state index is 4.60. The van der Waals surface area contributed by atoms with Crippen LogP contribution in [0.1, 0.15) is 39.3 Å². The van der Waals surface area contributed by atoms with Gasteiger partial charge in [0.2, 0.25) is 0 Å². The Morgan fingerprint density at radius 2 is 2.05 bits per heavy atom. The number of aromatic nitrogens is 2. The van der Waals surface area contributed by atoms with Crippen molar-refractivity contribution in [2.75, 3.05) is 32.1 Å². The highest BCUT2D eigenvalue weighted by molar-refractivity contribution is 5.36. The summed E-state index contributed by atoms with van der Waals surface area (Å²) in [5.41, 5.74) is 1.10. The van der Waals surface area contributed by atoms with Crippen molar-refractivity contribution in [2.45, 2.75) is 51.7 Å². The quantitative estimate of drug-likeness (QED) is 0.918. The van der Waals surface area contributed by atoms with Gasteiger partial charge in [0.25, 0.3) is 0 Å². The number of hydrogen-bond acceptors (Lipinski definition) is 5. The van der Waals surface area contributed by atoms with Crippen LogP contribution >= 0.6 is 0 Å². The summed E-state index contributed by atoms with van der Waals surface area (Å²) in [7, 11) is 4.31. The van der Waals surface area contributed by atoms with Crippen molar-refractivity contribution < 1.29 is 0 Å². The summed E-state index contributed by atoms with van der Waals surface area (Å²) in [6.45, 7) is 9.36. The summed E-state index contributed by atoms with van der Waals surface area (Å²) >= 11 is 0. The third-order valence-electron chi connectivity index (χ3n) is 3.94. The van der Waals surface area contributed by atoms with Gasteiger partial charge in [-0.2, -0.15) is 0 Å². The van der Waals surface area contributed by atoms with Crippen LogP contribution in [-0.2, 0) is 6.54 Å². The fraction of sp³-hybridized carbons (Fsp3) is 0.750. The van der Waals surface area contributed by atoms with Gasteiger partial charge in [0.1, 0.15) is 5.82 Å². The predicted octanol–water partition coefficient (Wildman–Crippen LogP) is 1.90. The molecule has 1 fully saturated rings. The minimum Gasteiger partial charge on any atom is -0.354 e. The molecule has 0 radical (unpaired) electrons. The fourth-order valence-corrected chi connectivity index (χ4v) is 2.54. The third kappa shape index (κ3) is 4.93. The van der Waals surface area contributed by atoms with Crippen molar-refractivity contribution in [1.82, 2.24) is 20.2 Å². The molecule has 0 amide bonds. The summed E-state index contributed by atoms with van der Waals surface area (Å²) in [4.78, 5) is 13.8. The van der Waals surface area contributed by atoms with Gasteiger partial charge in [-0.3, -0.25) is 4.98 Å². The lowest BCUT2D eigenvalue weighted by Gasteiger charge is -2.36. The predicted molar refractivity (Wildman–Crippen MR) is 87.5 cm³/mol. The molecule has 5 nitrogen and oxygen atoms in total. The first-order chi connectivity index (χ1) is 9.85. The smallest absolute Gasteiger partial charge is 0.147 e. The molecular weight excluding hydrogens is 262 g/mol. The van der Waals surface area contributed by atoms with Crippen LogP contribution in [0.4, 0.5) is 5.82 Å². The van der Waals surface area contributed by atoms with Crippen LogP contribution in [0.15, 0.2) is 12.4 Å². The highest BCUT2D eigenvalue weighted by Crippen LogP contribution is 2.19. The molecule has 1 aromatic rings. The molecule has 0 aromatic carbocycles. The number of rotatable bonds is 4. The maximum Gasteiger partial charge on any atom is 0.147 e. The van der Waals surface area contributed by atoms with Crippen LogP contribution in [0, 0.1) is 0 Å². The zero-order valence-corrected chi connectivity index (χ0v) is 14.1. The molecule has 1 saturated heterocycles. The molecule has 1 aliphatic heterocycles. The van der Waals surface area contributed by atoms with E-state index in [9.17, 15) is 0 Å². The van der Waals surface area contributed by atoms with Crippen LogP contribution in [0.3, 0.4) is 0 Å². The van der Waals surface area contributed by atoms with E-state index in [-0.39, 0.29) is 5.54 Å². The summed E-state index contributed by atoms with van der Waals surface area (Å²) in [6.07, 6.45) is 6.30. The normalized spacial score (nSPS) is 20.1. The van der Waals surface area contributed by atoms with E-state index in [0.717, 1.165) is 31.1 Å². The van der Waals surface area contributed by atoms with E-state index in [4.69, 9.17) is 0 Å². The molecule has 0 aliphatic carbocycles. The molecule has 118 valence electrons. The van der Waals surface area contributed by atoms with Crippen LogP contribution in [0.25, 0.3) is 0 Å². The third-order valence-corrected chi connectivity index (χ3v) is 3.94. The highest BCUT2D eigenvalue weighted by Gasteiger charge is 2.22. The number of anilines is 1. The molecule has 0 spiro atoms. The van der Waals surface area contributed by atoms with Gasteiger partial charge in [0, 0.05) is 31.2 Å². The lowest BCUT2D eigenvalue weighted by molar-refractivity contribution is 0.257. The Morgan fingerprint density at radius 1 is 1.29 bits per heavy atom. The molecular formula is C16H29N5. The second-order valence-corrected chi connectivity index (χ2v) is 7.18. The second-order valence-electron chi connectivity index (χ2n) is 7.18. The average molecular weight is 291 g/mol. The van der Waals surface area contributed by atoms with Crippen molar-refractivity contribution in [3.63, 3.8) is 0 Å². The van der Waals surface area contributed by atoms with Crippen LogP contribution in [-0.4, -0.2) is 53.6 Å². The van der Waals surface area contributed by atoms with Crippen molar-refractivity contribution in [3.05, 3.63) is 18.1 Å². The average Bonchev–Trinajstić information content (AvgIpc) is 2.45. The molecule has 1 aromatic heterocycles. The Kier molecular flexibility index (Phi) is 5.17. The zero-order valence-electron chi connectivity index (χ0n) is 14.1. The first kappa shape index (κ1) is 16.2. The van der Waals surface area contributed by atoms with Crippen molar-refractivity contribution in [2.24, 2.45) is 0 Å². The van der Waals surface area contributed by atoms with Crippen LogP contribution < -0.4 is 10.2 Å². The SMILES string of the molecule is CN(C)C1CCCN(c2cnc(CNC(C)(C)C)cn2)C1. The maximum atomic E-state index is 4.60. The van der Waals surface area contributed by atoms with Crippen molar-refractivity contribution >= 4 is 5.82 Å². The molecule has 0 saturated carbocycles. The largest absolute Gasteiger partial charge is 0.354 e. The number of piperidine rings is 1. The minimum atomic E-state index is 0.103. The topological polar surface area (TPSA) is 44.3 Å². The Labute approximate surface area is 128 Å². The van der Waals surface area contributed by atoms with E-state index in [0.29, 0.717) is 6.04 Å². The number of likely N-dealkylation sites (N-methyl/N-ethyl adjacent to an activating group) is 1. The van der Waals surface area contributed by atoms with Gasteiger partial charge in [0.15, 0.2) is 0 Å². The van der Waals surface area contributed by atoms with E-state index in [1.54, 1.807) is 0 Å². The molecule has 5 heteroatoms. The van der Waals surface area contributed by atoms with E-state index in [1.807, 2.05) is 12.4 Å². The van der Waals surface area contributed by atoms with Gasteiger partial charge in [0.05, 0.1) is 18.1 Å². The Balaban J connectivity index is 1.95. The molecule has 1 aliphatic rings. The Hall–Kier alpha value is -1.20. The molecule has 2 rings (SSSR count). The number of nitrogens with zero attached hydrogens (tertiary/aromatic N) is 4. The van der Waals surface area contributed by atoms with E-state index < -0.39 is 0 Å². The van der Waals surface area contributed by atoms with Crippen LogP contribution in [0.5, 0.6) is 0 Å². The van der Waals surface area contributed by atoms with E-state index in [2.05, 4.69) is 60.0 Å². The molecule has 1 N–H and O–H groups in total. The zero-order chi connectivity index (χ0) is 15.5. The first-order valence-electron chi connectivity index (χ1n) is 7.82. The molecule has 2 heterocycles. The fourth-order valence-electron chi connectivity index (χ4n) is 2.54. The van der Waals surface area contributed by atoms with Crippen LogP contribution in [0.2, 0.25) is 0 Å².